The highest BCUT2D eigenvalue weighted by Gasteiger charge is 2.16. The van der Waals surface area contributed by atoms with Crippen molar-refractivity contribution in [1.82, 2.24) is 4.98 Å². The van der Waals surface area contributed by atoms with Crippen LogP contribution in [0.3, 0.4) is 0 Å². The minimum Gasteiger partial charge on any atom is -0.331 e. The fourth-order valence-electron chi connectivity index (χ4n) is 2.18. The number of hydrogen-bond donors (Lipinski definition) is 2. The van der Waals surface area contributed by atoms with Crippen LogP contribution in [0, 0.1) is 19.7 Å². The third-order valence-corrected chi connectivity index (χ3v) is 4.84. The van der Waals surface area contributed by atoms with Gasteiger partial charge >= 0.3 is 0 Å². The molecule has 4 nitrogen and oxygen atoms in total. The molecule has 25 heavy (non-hydrogen) atoms. The van der Waals surface area contributed by atoms with Crippen LogP contribution in [0.4, 0.5) is 20.9 Å². The Kier molecular flexibility index (Phi) is 5.01. The number of hydrogen-bond acceptors (Lipinski definition) is 4. The number of thiazole rings is 1. The van der Waals surface area contributed by atoms with Crippen molar-refractivity contribution in [2.75, 3.05) is 10.6 Å². The molecule has 128 valence electrons. The molecule has 0 aliphatic rings. The summed E-state index contributed by atoms with van der Waals surface area (Å²) < 4.78 is 13.2. The highest BCUT2D eigenvalue weighted by Crippen LogP contribution is 2.28. The van der Waals surface area contributed by atoms with Gasteiger partial charge in [0.25, 0.3) is 5.91 Å². The first-order valence-electron chi connectivity index (χ1n) is 7.50. The molecule has 2 aromatic carbocycles. The average Bonchev–Trinajstić information content (AvgIpc) is 2.94. The summed E-state index contributed by atoms with van der Waals surface area (Å²) in [5, 5.41) is 6.45. The highest BCUT2D eigenvalue weighted by atomic mass is 35.5. The molecule has 0 atom stereocenters. The number of rotatable bonds is 4. The Balaban J connectivity index is 1.76. The zero-order valence-electron chi connectivity index (χ0n) is 13.6. The second-order valence-corrected chi connectivity index (χ2v) is 6.91. The first-order valence-corrected chi connectivity index (χ1v) is 8.69. The second kappa shape index (κ2) is 7.21. The van der Waals surface area contributed by atoms with Crippen molar-refractivity contribution in [3.63, 3.8) is 0 Å². The van der Waals surface area contributed by atoms with Crippen molar-refractivity contribution in [3.8, 4) is 0 Å². The van der Waals surface area contributed by atoms with Gasteiger partial charge in [-0.05, 0) is 44.2 Å². The lowest BCUT2D eigenvalue weighted by Gasteiger charge is -2.04. The molecule has 1 aromatic heterocycles. The summed E-state index contributed by atoms with van der Waals surface area (Å²) in [7, 11) is 0. The van der Waals surface area contributed by atoms with Gasteiger partial charge in [0.15, 0.2) is 5.13 Å². The summed E-state index contributed by atoms with van der Waals surface area (Å²) in [4.78, 5) is 17.3. The molecular formula is C18H15ClFN3OS. The quantitative estimate of drug-likeness (QED) is 0.628. The Morgan fingerprint density at radius 3 is 2.48 bits per heavy atom. The minimum absolute atomic E-state index is 0.0237. The van der Waals surface area contributed by atoms with Crippen LogP contribution in [-0.4, -0.2) is 10.9 Å². The smallest absolute Gasteiger partial charge is 0.267 e. The maximum Gasteiger partial charge on any atom is 0.267 e. The molecule has 3 rings (SSSR count). The number of amides is 1. The van der Waals surface area contributed by atoms with Gasteiger partial charge in [-0.3, -0.25) is 4.79 Å². The lowest BCUT2D eigenvalue weighted by Crippen LogP contribution is -2.11. The van der Waals surface area contributed by atoms with E-state index in [1.54, 1.807) is 13.0 Å². The lowest BCUT2D eigenvalue weighted by atomic mass is 10.2. The number of carbonyl (C=O) groups excluding carboxylic acids is 1. The largest absolute Gasteiger partial charge is 0.331 e. The van der Waals surface area contributed by atoms with Crippen LogP contribution < -0.4 is 10.6 Å². The Morgan fingerprint density at radius 1 is 1.12 bits per heavy atom. The number of aryl methyl sites for hydroxylation is 2. The van der Waals surface area contributed by atoms with Crippen LogP contribution in [0.1, 0.15) is 20.9 Å². The number of carbonyl (C=O) groups is 1. The summed E-state index contributed by atoms with van der Waals surface area (Å²) in [5.41, 5.74) is 3.07. The SMILES string of the molecule is Cc1ccc(NC(=O)c2sc(Nc3ccc(F)c(Cl)c3)nc2C)cc1. The van der Waals surface area contributed by atoms with E-state index in [1.165, 1.54) is 23.5 Å². The molecule has 0 aliphatic carbocycles. The molecule has 0 spiro atoms. The standard InChI is InChI=1S/C18H15ClFN3OS/c1-10-3-5-12(6-4-10)22-17(24)16-11(2)21-18(25-16)23-13-7-8-15(20)14(19)9-13/h3-9H,1-2H3,(H,21,23)(H,22,24). The van der Waals surface area contributed by atoms with E-state index in [0.29, 0.717) is 21.4 Å². The lowest BCUT2D eigenvalue weighted by molar-refractivity contribution is 0.103. The van der Waals surface area contributed by atoms with Crippen molar-refractivity contribution < 1.29 is 9.18 Å². The topological polar surface area (TPSA) is 54.0 Å². The Hall–Kier alpha value is -2.44. The minimum atomic E-state index is -0.485. The summed E-state index contributed by atoms with van der Waals surface area (Å²) >= 11 is 7.00. The van der Waals surface area contributed by atoms with Gasteiger partial charge in [0.1, 0.15) is 10.7 Å². The van der Waals surface area contributed by atoms with E-state index >= 15 is 0 Å². The van der Waals surface area contributed by atoms with Crippen LogP contribution in [0.5, 0.6) is 0 Å². The van der Waals surface area contributed by atoms with E-state index in [4.69, 9.17) is 11.6 Å². The van der Waals surface area contributed by atoms with Gasteiger partial charge in [0.05, 0.1) is 10.7 Å². The van der Waals surface area contributed by atoms with Gasteiger partial charge in [-0.15, -0.1) is 0 Å². The number of anilines is 3. The van der Waals surface area contributed by atoms with E-state index in [9.17, 15) is 9.18 Å². The maximum atomic E-state index is 13.2. The van der Waals surface area contributed by atoms with Gasteiger partial charge in [0, 0.05) is 11.4 Å². The molecule has 0 saturated carbocycles. The van der Waals surface area contributed by atoms with Crippen molar-refractivity contribution in [3.05, 3.63) is 69.4 Å². The van der Waals surface area contributed by atoms with Crippen LogP contribution in [0.25, 0.3) is 0 Å². The summed E-state index contributed by atoms with van der Waals surface area (Å²) in [6.45, 7) is 3.75. The number of benzene rings is 2. The van der Waals surface area contributed by atoms with E-state index in [1.807, 2.05) is 31.2 Å². The molecule has 7 heteroatoms. The van der Waals surface area contributed by atoms with Gasteiger partial charge < -0.3 is 10.6 Å². The van der Waals surface area contributed by atoms with Crippen molar-refractivity contribution in [2.45, 2.75) is 13.8 Å². The monoisotopic (exact) mass is 375 g/mol. The summed E-state index contributed by atoms with van der Waals surface area (Å²) in [5.74, 6) is -0.704. The molecule has 1 heterocycles. The van der Waals surface area contributed by atoms with Gasteiger partial charge in [-0.25, -0.2) is 9.37 Å². The Labute approximate surface area is 153 Å². The molecule has 2 N–H and O–H groups in total. The molecular weight excluding hydrogens is 361 g/mol. The molecule has 0 unspecified atom stereocenters. The van der Waals surface area contributed by atoms with Crippen molar-refractivity contribution in [1.29, 1.82) is 0 Å². The molecule has 0 radical (unpaired) electrons. The van der Waals surface area contributed by atoms with Crippen LogP contribution in [0.15, 0.2) is 42.5 Å². The fraction of sp³-hybridized carbons (Fsp3) is 0.111. The molecule has 0 bridgehead atoms. The molecule has 1 amide bonds. The summed E-state index contributed by atoms with van der Waals surface area (Å²) in [6, 6.07) is 11.9. The van der Waals surface area contributed by atoms with Gasteiger partial charge in [-0.1, -0.05) is 40.6 Å². The summed E-state index contributed by atoms with van der Waals surface area (Å²) in [6.07, 6.45) is 0. The first kappa shape index (κ1) is 17.4. The first-order chi connectivity index (χ1) is 11.9. The van der Waals surface area contributed by atoms with Crippen LogP contribution >= 0.6 is 22.9 Å². The van der Waals surface area contributed by atoms with E-state index in [2.05, 4.69) is 15.6 Å². The second-order valence-electron chi connectivity index (χ2n) is 5.51. The van der Waals surface area contributed by atoms with E-state index in [-0.39, 0.29) is 10.9 Å². The molecule has 0 saturated heterocycles. The zero-order valence-corrected chi connectivity index (χ0v) is 15.1. The normalized spacial score (nSPS) is 10.6. The predicted octanol–water partition coefficient (Wildman–Crippen LogP) is 5.55. The third kappa shape index (κ3) is 4.15. The Morgan fingerprint density at radius 2 is 1.80 bits per heavy atom. The number of nitrogens with one attached hydrogen (secondary N) is 2. The van der Waals surface area contributed by atoms with E-state index < -0.39 is 5.82 Å². The molecule has 0 aliphatic heterocycles. The highest BCUT2D eigenvalue weighted by molar-refractivity contribution is 7.17. The Bertz CT molecular complexity index is 925. The zero-order chi connectivity index (χ0) is 18.0. The van der Waals surface area contributed by atoms with Gasteiger partial charge in [-0.2, -0.15) is 0 Å². The van der Waals surface area contributed by atoms with Crippen molar-refractivity contribution in [2.24, 2.45) is 0 Å². The van der Waals surface area contributed by atoms with Gasteiger partial charge in [0.2, 0.25) is 0 Å². The van der Waals surface area contributed by atoms with Crippen molar-refractivity contribution >= 4 is 45.4 Å². The number of halogens is 2. The number of aromatic nitrogens is 1. The van der Waals surface area contributed by atoms with E-state index in [0.717, 1.165) is 11.3 Å². The third-order valence-electron chi connectivity index (χ3n) is 3.48. The predicted molar refractivity (Wildman–Crippen MR) is 101 cm³/mol. The molecule has 0 fully saturated rings. The van der Waals surface area contributed by atoms with Crippen LogP contribution in [-0.2, 0) is 0 Å². The molecule has 3 aromatic rings. The maximum absolute atomic E-state index is 13.2. The van der Waals surface area contributed by atoms with Crippen LogP contribution in [0.2, 0.25) is 5.02 Å². The number of nitrogens with zero attached hydrogens (tertiary/aromatic N) is 1. The fourth-order valence-corrected chi connectivity index (χ4v) is 3.25. The average molecular weight is 376 g/mol.